The Morgan fingerprint density at radius 1 is 1.25 bits per heavy atom. The summed E-state index contributed by atoms with van der Waals surface area (Å²) in [5.41, 5.74) is 3.47. The molecule has 0 fully saturated rings. The van der Waals surface area contributed by atoms with Crippen molar-refractivity contribution in [3.8, 4) is 11.3 Å². The largest absolute Gasteiger partial charge is 0.346 e. The van der Waals surface area contributed by atoms with E-state index in [0.717, 1.165) is 26.2 Å². The molecule has 24 heavy (non-hydrogen) atoms. The number of nitrogens with zero attached hydrogens (tertiary/aromatic N) is 3. The average Bonchev–Trinajstić information content (AvgIpc) is 2.92. The summed E-state index contributed by atoms with van der Waals surface area (Å²) in [6.45, 7) is 2.64. The predicted molar refractivity (Wildman–Crippen MR) is 105 cm³/mol. The summed E-state index contributed by atoms with van der Waals surface area (Å²) in [6, 6.07) is 11.8. The highest BCUT2D eigenvalue weighted by Crippen LogP contribution is 2.27. The second-order valence-electron chi connectivity index (χ2n) is 5.57. The van der Waals surface area contributed by atoms with Gasteiger partial charge in [-0.2, -0.15) is 0 Å². The maximum Gasteiger partial charge on any atom is 0.228 e. The zero-order chi connectivity index (χ0) is 17.3. The first-order valence-corrected chi connectivity index (χ1v) is 9.11. The summed E-state index contributed by atoms with van der Waals surface area (Å²) in [4.78, 5) is 18.9. The van der Waals surface area contributed by atoms with Crippen LogP contribution >= 0.6 is 34.2 Å². The molecule has 4 nitrogen and oxygen atoms in total. The number of imidazole rings is 1. The number of hydrogen-bond donors (Lipinski definition) is 0. The maximum absolute atomic E-state index is 12.5. The molecular formula is C18H17ClIN3O. The molecular weight excluding hydrogens is 436 g/mol. The lowest BCUT2D eigenvalue weighted by molar-refractivity contribution is -0.129. The van der Waals surface area contributed by atoms with Gasteiger partial charge in [0.15, 0.2) is 0 Å². The highest BCUT2D eigenvalue weighted by atomic mass is 127. The number of fused-ring (bicyclic) bond motifs is 1. The summed E-state index contributed by atoms with van der Waals surface area (Å²) in [5, 5.41) is 0.617. The van der Waals surface area contributed by atoms with Crippen LogP contribution in [0.5, 0.6) is 0 Å². The van der Waals surface area contributed by atoms with Gasteiger partial charge in [0, 0.05) is 28.9 Å². The number of likely N-dealkylation sites (N-methyl/N-ethyl adjacent to an activating group) is 1. The minimum absolute atomic E-state index is 0.0611. The van der Waals surface area contributed by atoms with E-state index in [9.17, 15) is 4.79 Å². The van der Waals surface area contributed by atoms with E-state index >= 15 is 0 Å². The van der Waals surface area contributed by atoms with Crippen molar-refractivity contribution in [3.05, 3.63) is 56.9 Å². The van der Waals surface area contributed by atoms with Gasteiger partial charge in [-0.1, -0.05) is 23.7 Å². The Morgan fingerprint density at radius 3 is 2.62 bits per heavy atom. The summed E-state index contributed by atoms with van der Waals surface area (Å²) in [7, 11) is 1.81. The molecule has 3 aromatic rings. The smallest absolute Gasteiger partial charge is 0.228 e. The number of amides is 1. The van der Waals surface area contributed by atoms with E-state index in [2.05, 4.69) is 22.6 Å². The van der Waals surface area contributed by atoms with Gasteiger partial charge in [-0.25, -0.2) is 4.98 Å². The van der Waals surface area contributed by atoms with Crippen molar-refractivity contribution < 1.29 is 4.79 Å². The van der Waals surface area contributed by atoms with Crippen LogP contribution in [-0.4, -0.2) is 33.8 Å². The van der Waals surface area contributed by atoms with E-state index < -0.39 is 0 Å². The number of carbonyl (C=O) groups excluding carboxylic acids is 1. The van der Waals surface area contributed by atoms with Gasteiger partial charge in [0.1, 0.15) is 5.65 Å². The van der Waals surface area contributed by atoms with E-state index in [1.54, 1.807) is 4.90 Å². The summed E-state index contributed by atoms with van der Waals surface area (Å²) in [5.74, 6) is 0.0611. The SMILES string of the molecule is CCN([11CH3])C(=O)Cc1c(-c2ccc(I)cc2)nc2ccc(Cl)cn12. The Kier molecular flexibility index (Phi) is 5.10. The second kappa shape index (κ2) is 7.11. The molecule has 0 saturated heterocycles. The van der Waals surface area contributed by atoms with Gasteiger partial charge in [0.05, 0.1) is 22.8 Å². The van der Waals surface area contributed by atoms with Crippen molar-refractivity contribution in [2.75, 3.05) is 13.6 Å². The van der Waals surface area contributed by atoms with Crippen molar-refractivity contribution in [3.63, 3.8) is 0 Å². The van der Waals surface area contributed by atoms with Gasteiger partial charge < -0.3 is 9.30 Å². The fourth-order valence-corrected chi connectivity index (χ4v) is 3.05. The predicted octanol–water partition coefficient (Wildman–Crippen LogP) is 4.28. The zero-order valence-electron chi connectivity index (χ0n) is 13.5. The zero-order valence-corrected chi connectivity index (χ0v) is 16.4. The molecule has 1 aromatic carbocycles. The summed E-state index contributed by atoms with van der Waals surface area (Å²) in [6.07, 6.45) is 2.10. The van der Waals surface area contributed by atoms with Crippen molar-refractivity contribution >= 4 is 45.7 Å². The van der Waals surface area contributed by atoms with Crippen LogP contribution in [0.25, 0.3) is 16.9 Å². The Hall–Kier alpha value is -1.60. The van der Waals surface area contributed by atoms with Gasteiger partial charge in [-0.05, 0) is 53.8 Å². The molecule has 3 rings (SSSR count). The lowest BCUT2D eigenvalue weighted by atomic mass is 10.1. The lowest BCUT2D eigenvalue weighted by Gasteiger charge is -2.15. The van der Waals surface area contributed by atoms with E-state index in [4.69, 9.17) is 16.6 Å². The number of rotatable bonds is 4. The number of carbonyl (C=O) groups is 1. The molecule has 0 N–H and O–H groups in total. The normalized spacial score (nSPS) is 11.0. The first kappa shape index (κ1) is 17.2. The first-order valence-electron chi connectivity index (χ1n) is 7.66. The molecule has 2 aromatic heterocycles. The number of hydrogen-bond acceptors (Lipinski definition) is 2. The fraction of sp³-hybridized carbons (Fsp3) is 0.222. The minimum atomic E-state index is 0.0611. The Bertz CT molecular complexity index is 889. The van der Waals surface area contributed by atoms with Gasteiger partial charge in [-0.3, -0.25) is 4.79 Å². The van der Waals surface area contributed by atoms with Crippen molar-refractivity contribution in [1.29, 1.82) is 0 Å². The highest BCUT2D eigenvalue weighted by molar-refractivity contribution is 14.1. The molecule has 2 heterocycles. The third kappa shape index (κ3) is 3.42. The van der Waals surface area contributed by atoms with E-state index in [-0.39, 0.29) is 12.3 Å². The van der Waals surface area contributed by atoms with Crippen LogP contribution < -0.4 is 0 Å². The molecule has 0 saturated carbocycles. The lowest BCUT2D eigenvalue weighted by Crippen LogP contribution is -2.28. The van der Waals surface area contributed by atoms with E-state index in [1.165, 1.54) is 0 Å². The van der Waals surface area contributed by atoms with Crippen LogP contribution in [0.15, 0.2) is 42.6 Å². The molecule has 0 unspecified atom stereocenters. The molecule has 0 radical (unpaired) electrons. The summed E-state index contributed by atoms with van der Waals surface area (Å²) >= 11 is 8.42. The van der Waals surface area contributed by atoms with Gasteiger partial charge in [0.2, 0.25) is 5.91 Å². The van der Waals surface area contributed by atoms with Crippen LogP contribution in [0.4, 0.5) is 0 Å². The topological polar surface area (TPSA) is 37.6 Å². The first-order chi connectivity index (χ1) is 11.5. The van der Waals surface area contributed by atoms with Crippen LogP contribution in [-0.2, 0) is 11.2 Å². The molecule has 1 amide bonds. The molecule has 6 heteroatoms. The molecule has 0 aliphatic carbocycles. The minimum Gasteiger partial charge on any atom is -0.346 e. The van der Waals surface area contributed by atoms with E-state index in [0.29, 0.717) is 11.6 Å². The Balaban J connectivity index is 2.15. The fourth-order valence-electron chi connectivity index (χ4n) is 2.53. The number of benzene rings is 1. The standard InChI is InChI=1S/C18H17ClIN3O/c1-3-22(2)17(24)10-15-18(12-4-7-14(20)8-5-12)21-16-9-6-13(19)11-23(15)16/h4-9,11H,3,10H2,1-2H3/i2-1. The van der Waals surface area contributed by atoms with E-state index in [1.807, 2.05) is 61.0 Å². The van der Waals surface area contributed by atoms with Crippen LogP contribution in [0.3, 0.4) is 0 Å². The maximum atomic E-state index is 12.5. The molecule has 0 bridgehead atoms. The third-order valence-electron chi connectivity index (χ3n) is 4.02. The average molecular weight is 453 g/mol. The molecule has 0 atom stereocenters. The van der Waals surface area contributed by atoms with Crippen molar-refractivity contribution in [2.24, 2.45) is 0 Å². The number of aromatic nitrogens is 2. The third-order valence-corrected chi connectivity index (χ3v) is 4.96. The molecule has 0 aliphatic heterocycles. The van der Waals surface area contributed by atoms with Gasteiger partial charge in [-0.15, -0.1) is 0 Å². The van der Waals surface area contributed by atoms with Crippen molar-refractivity contribution in [2.45, 2.75) is 13.3 Å². The van der Waals surface area contributed by atoms with Crippen LogP contribution in [0.1, 0.15) is 12.6 Å². The van der Waals surface area contributed by atoms with Crippen LogP contribution in [0.2, 0.25) is 5.02 Å². The highest BCUT2D eigenvalue weighted by Gasteiger charge is 2.18. The number of pyridine rings is 1. The Morgan fingerprint density at radius 2 is 1.96 bits per heavy atom. The monoisotopic (exact) mass is 452 g/mol. The van der Waals surface area contributed by atoms with Gasteiger partial charge in [0.25, 0.3) is 0 Å². The summed E-state index contributed by atoms with van der Waals surface area (Å²) < 4.78 is 3.07. The number of halogens is 2. The molecule has 0 aliphatic rings. The molecule has 0 spiro atoms. The van der Waals surface area contributed by atoms with Gasteiger partial charge >= 0.3 is 0 Å². The Labute approximate surface area is 159 Å². The quantitative estimate of drug-likeness (QED) is 0.554. The van der Waals surface area contributed by atoms with Crippen LogP contribution in [0, 0.1) is 3.57 Å². The second-order valence-corrected chi connectivity index (χ2v) is 7.26. The molecule has 124 valence electrons. The van der Waals surface area contributed by atoms with Crippen molar-refractivity contribution in [1.82, 2.24) is 14.3 Å².